The average Bonchev–Trinajstić information content (AvgIpc) is 2.73. The number of halogens is 1. The van der Waals surface area contributed by atoms with E-state index in [2.05, 4.69) is 20.8 Å². The van der Waals surface area contributed by atoms with E-state index >= 15 is 0 Å². The van der Waals surface area contributed by atoms with E-state index in [1.165, 1.54) is 0 Å². The number of alkyl halides is 1. The van der Waals surface area contributed by atoms with Gasteiger partial charge in [0, 0.05) is 23.5 Å². The lowest BCUT2D eigenvalue weighted by atomic mass is 10.2. The topological polar surface area (TPSA) is 69.8 Å². The van der Waals surface area contributed by atoms with Crippen molar-refractivity contribution >= 4 is 34.2 Å². The van der Waals surface area contributed by atoms with Crippen LogP contribution in [0, 0.1) is 0 Å². The lowest BCUT2D eigenvalue weighted by Crippen LogP contribution is -2.30. The molecule has 5 nitrogen and oxygen atoms in total. The number of anilines is 1. The van der Waals surface area contributed by atoms with E-state index in [1.807, 2.05) is 18.2 Å². The van der Waals surface area contributed by atoms with E-state index in [9.17, 15) is 4.79 Å². The first-order chi connectivity index (χ1) is 7.79. The van der Waals surface area contributed by atoms with Crippen molar-refractivity contribution in [2.45, 2.75) is 0 Å². The van der Waals surface area contributed by atoms with Gasteiger partial charge in [0.15, 0.2) is 0 Å². The van der Waals surface area contributed by atoms with Crippen molar-refractivity contribution in [2.24, 2.45) is 0 Å². The van der Waals surface area contributed by atoms with Gasteiger partial charge in [0.05, 0.1) is 11.7 Å². The van der Waals surface area contributed by atoms with Gasteiger partial charge < -0.3 is 10.6 Å². The minimum Gasteiger partial charge on any atom is -0.337 e. The second kappa shape index (κ2) is 4.85. The zero-order valence-corrected chi connectivity index (χ0v) is 9.21. The summed E-state index contributed by atoms with van der Waals surface area (Å²) in [6.45, 7) is 0.444. The van der Waals surface area contributed by atoms with Crippen molar-refractivity contribution in [3.05, 3.63) is 24.4 Å². The fourth-order valence-corrected chi connectivity index (χ4v) is 1.45. The highest BCUT2D eigenvalue weighted by Crippen LogP contribution is 2.16. The summed E-state index contributed by atoms with van der Waals surface area (Å²) in [7, 11) is 0. The first-order valence-electron chi connectivity index (χ1n) is 4.83. The smallest absolute Gasteiger partial charge is 0.319 e. The minimum absolute atomic E-state index is 0.264. The summed E-state index contributed by atoms with van der Waals surface area (Å²) in [6.07, 6.45) is 1.73. The van der Waals surface area contributed by atoms with Crippen molar-refractivity contribution in [3.8, 4) is 0 Å². The Kier molecular flexibility index (Phi) is 3.26. The molecule has 0 unspecified atom stereocenters. The molecule has 6 heteroatoms. The number of rotatable bonds is 3. The number of urea groups is 1. The van der Waals surface area contributed by atoms with Crippen LogP contribution in [0.2, 0.25) is 0 Å². The maximum atomic E-state index is 11.3. The number of hydrogen-bond donors (Lipinski definition) is 3. The van der Waals surface area contributed by atoms with Crippen molar-refractivity contribution in [1.29, 1.82) is 0 Å². The van der Waals surface area contributed by atoms with Gasteiger partial charge in [0.1, 0.15) is 0 Å². The van der Waals surface area contributed by atoms with E-state index in [1.54, 1.807) is 6.20 Å². The van der Waals surface area contributed by atoms with Crippen LogP contribution >= 0.6 is 11.6 Å². The molecule has 0 spiro atoms. The van der Waals surface area contributed by atoms with Crippen molar-refractivity contribution in [3.63, 3.8) is 0 Å². The van der Waals surface area contributed by atoms with E-state index in [0.717, 1.165) is 10.9 Å². The van der Waals surface area contributed by atoms with E-state index in [4.69, 9.17) is 11.6 Å². The summed E-state index contributed by atoms with van der Waals surface area (Å²) >= 11 is 5.46. The van der Waals surface area contributed by atoms with E-state index < -0.39 is 0 Å². The zero-order chi connectivity index (χ0) is 11.4. The SMILES string of the molecule is O=C(NCCCl)Nc1ccc2cn[nH]c2c1. The number of carbonyl (C=O) groups is 1. The number of carbonyl (C=O) groups excluding carboxylic acids is 1. The Morgan fingerprint density at radius 2 is 2.38 bits per heavy atom. The van der Waals surface area contributed by atoms with Gasteiger partial charge in [0.2, 0.25) is 0 Å². The lowest BCUT2D eigenvalue weighted by molar-refractivity contribution is 0.252. The molecule has 0 fully saturated rings. The van der Waals surface area contributed by atoms with Crippen LogP contribution in [0.5, 0.6) is 0 Å². The minimum atomic E-state index is -0.264. The monoisotopic (exact) mass is 238 g/mol. The molecule has 0 aliphatic carbocycles. The van der Waals surface area contributed by atoms with Crippen molar-refractivity contribution in [2.75, 3.05) is 17.7 Å². The van der Waals surface area contributed by atoms with Crippen LogP contribution in [0.25, 0.3) is 10.9 Å². The van der Waals surface area contributed by atoms with Crippen LogP contribution in [0.3, 0.4) is 0 Å². The fourth-order valence-electron chi connectivity index (χ4n) is 1.35. The maximum Gasteiger partial charge on any atom is 0.319 e. The third kappa shape index (κ3) is 2.43. The third-order valence-electron chi connectivity index (χ3n) is 2.08. The number of hydrogen-bond acceptors (Lipinski definition) is 2. The van der Waals surface area contributed by atoms with Gasteiger partial charge in [-0.2, -0.15) is 5.10 Å². The van der Waals surface area contributed by atoms with Gasteiger partial charge in [-0.25, -0.2) is 4.79 Å². The summed E-state index contributed by atoms with van der Waals surface area (Å²) in [5.41, 5.74) is 1.60. The Bertz CT molecular complexity index is 496. The molecule has 84 valence electrons. The highest BCUT2D eigenvalue weighted by atomic mass is 35.5. The molecule has 3 N–H and O–H groups in total. The number of nitrogens with zero attached hydrogens (tertiary/aromatic N) is 1. The Labute approximate surface area is 97.2 Å². The lowest BCUT2D eigenvalue weighted by Gasteiger charge is -2.05. The molecule has 2 rings (SSSR count). The number of fused-ring (bicyclic) bond motifs is 1. The van der Waals surface area contributed by atoms with Crippen LogP contribution in [0.1, 0.15) is 0 Å². The standard InChI is InChI=1S/C10H11ClN4O/c11-3-4-12-10(16)14-8-2-1-7-6-13-15-9(7)5-8/h1-2,5-6H,3-4H2,(H,13,15)(H2,12,14,16). The van der Waals surface area contributed by atoms with Crippen LogP contribution in [0.4, 0.5) is 10.5 Å². The Morgan fingerprint density at radius 3 is 3.19 bits per heavy atom. The second-order valence-corrected chi connectivity index (χ2v) is 3.62. The highest BCUT2D eigenvalue weighted by Gasteiger charge is 2.02. The van der Waals surface area contributed by atoms with Gasteiger partial charge in [-0.1, -0.05) is 0 Å². The molecule has 0 saturated heterocycles. The molecule has 1 aromatic carbocycles. The molecular formula is C10H11ClN4O. The predicted octanol–water partition coefficient (Wildman–Crippen LogP) is 1.92. The Morgan fingerprint density at radius 1 is 1.50 bits per heavy atom. The number of aromatic amines is 1. The normalized spacial score (nSPS) is 10.3. The first kappa shape index (κ1) is 10.8. The van der Waals surface area contributed by atoms with Crippen LogP contribution < -0.4 is 10.6 Å². The quantitative estimate of drug-likeness (QED) is 0.715. The van der Waals surface area contributed by atoms with Crippen molar-refractivity contribution < 1.29 is 4.79 Å². The summed E-state index contributed by atoms with van der Waals surface area (Å²) in [5, 5.41) is 13.1. The van der Waals surface area contributed by atoms with Gasteiger partial charge in [-0.15, -0.1) is 11.6 Å². The number of benzene rings is 1. The largest absolute Gasteiger partial charge is 0.337 e. The van der Waals surface area contributed by atoms with Crippen molar-refractivity contribution in [1.82, 2.24) is 15.5 Å². The van der Waals surface area contributed by atoms with Crippen LogP contribution in [-0.4, -0.2) is 28.7 Å². The Balaban J connectivity index is 2.06. The van der Waals surface area contributed by atoms with Gasteiger partial charge >= 0.3 is 6.03 Å². The molecule has 0 aliphatic rings. The number of aromatic nitrogens is 2. The molecule has 0 saturated carbocycles. The van der Waals surface area contributed by atoms with Crippen LogP contribution in [-0.2, 0) is 0 Å². The third-order valence-corrected chi connectivity index (χ3v) is 2.27. The fraction of sp³-hybridized carbons (Fsp3) is 0.200. The number of H-pyrrole nitrogens is 1. The number of nitrogens with one attached hydrogen (secondary N) is 3. The van der Waals surface area contributed by atoms with Crippen LogP contribution in [0.15, 0.2) is 24.4 Å². The molecular weight excluding hydrogens is 228 g/mol. The summed E-state index contributed by atoms with van der Waals surface area (Å²) < 4.78 is 0. The van der Waals surface area contributed by atoms with E-state index in [0.29, 0.717) is 18.1 Å². The second-order valence-electron chi connectivity index (χ2n) is 3.24. The molecule has 2 amide bonds. The average molecular weight is 239 g/mol. The molecule has 0 radical (unpaired) electrons. The molecule has 16 heavy (non-hydrogen) atoms. The summed E-state index contributed by atoms with van der Waals surface area (Å²) in [5.74, 6) is 0.396. The molecule has 1 aromatic heterocycles. The van der Waals surface area contributed by atoms with E-state index in [-0.39, 0.29) is 6.03 Å². The Hall–Kier alpha value is -1.75. The number of amides is 2. The zero-order valence-electron chi connectivity index (χ0n) is 8.46. The molecule has 2 aromatic rings. The van der Waals surface area contributed by atoms with Gasteiger partial charge in [-0.3, -0.25) is 5.10 Å². The maximum absolute atomic E-state index is 11.3. The molecule has 0 atom stereocenters. The van der Waals surface area contributed by atoms with Gasteiger partial charge in [-0.05, 0) is 18.2 Å². The molecule has 0 aliphatic heterocycles. The molecule has 1 heterocycles. The summed E-state index contributed by atoms with van der Waals surface area (Å²) in [6, 6.07) is 5.26. The van der Waals surface area contributed by atoms with Gasteiger partial charge in [0.25, 0.3) is 0 Å². The molecule has 0 bridgehead atoms. The first-order valence-corrected chi connectivity index (χ1v) is 5.37. The predicted molar refractivity (Wildman–Crippen MR) is 63.8 cm³/mol. The highest BCUT2D eigenvalue weighted by molar-refractivity contribution is 6.18. The summed E-state index contributed by atoms with van der Waals surface area (Å²) in [4.78, 5) is 11.3.